The molecule has 6 nitrogen and oxygen atoms in total. The van der Waals surface area contributed by atoms with Crippen molar-refractivity contribution in [2.75, 3.05) is 20.3 Å². The lowest BCUT2D eigenvalue weighted by Crippen LogP contribution is -2.42. The molecule has 0 radical (unpaired) electrons. The number of benzene rings is 2. The molecule has 0 saturated heterocycles. The molecule has 0 aliphatic carbocycles. The van der Waals surface area contributed by atoms with E-state index in [9.17, 15) is 9.59 Å². The number of methoxy groups -OCH3 is 1. The number of hydrogen-bond donors (Lipinski definition) is 1. The predicted octanol–water partition coefficient (Wildman–Crippen LogP) is 5.01. The van der Waals surface area contributed by atoms with Gasteiger partial charge in [0.25, 0.3) is 0 Å². The van der Waals surface area contributed by atoms with Gasteiger partial charge in [-0.3, -0.25) is 4.79 Å². The Labute approximate surface area is 191 Å². The van der Waals surface area contributed by atoms with E-state index in [4.69, 9.17) is 14.2 Å². The van der Waals surface area contributed by atoms with E-state index in [1.54, 1.807) is 14.0 Å². The lowest BCUT2D eigenvalue weighted by molar-refractivity contribution is -0.150. The predicted molar refractivity (Wildman–Crippen MR) is 125 cm³/mol. The van der Waals surface area contributed by atoms with Gasteiger partial charge >= 0.3 is 12.1 Å². The van der Waals surface area contributed by atoms with Gasteiger partial charge < -0.3 is 19.5 Å². The van der Waals surface area contributed by atoms with Gasteiger partial charge in [0.1, 0.15) is 5.60 Å². The summed E-state index contributed by atoms with van der Waals surface area (Å²) >= 11 is 0. The first-order valence-electron chi connectivity index (χ1n) is 11.0. The molecule has 1 N–H and O–H groups in total. The van der Waals surface area contributed by atoms with Crippen LogP contribution in [-0.2, 0) is 25.4 Å². The third-order valence-electron chi connectivity index (χ3n) is 4.82. The molecule has 2 aromatic carbocycles. The van der Waals surface area contributed by atoms with Crippen LogP contribution in [0.4, 0.5) is 4.79 Å². The molecular formula is C26H35NO5. The Hall–Kier alpha value is -2.86. The van der Waals surface area contributed by atoms with Crippen molar-refractivity contribution in [1.82, 2.24) is 5.32 Å². The zero-order valence-corrected chi connectivity index (χ0v) is 19.7. The number of nitrogens with one attached hydrogen (secondary N) is 1. The Morgan fingerprint density at radius 1 is 0.969 bits per heavy atom. The van der Waals surface area contributed by atoms with Gasteiger partial charge in [-0.05, 0) is 57.2 Å². The van der Waals surface area contributed by atoms with Gasteiger partial charge in [-0.25, -0.2) is 4.79 Å². The van der Waals surface area contributed by atoms with Gasteiger partial charge in [0.05, 0.1) is 19.1 Å². The Kier molecular flexibility index (Phi) is 9.72. The topological polar surface area (TPSA) is 73.9 Å². The monoisotopic (exact) mass is 441 g/mol. The third-order valence-corrected chi connectivity index (χ3v) is 4.82. The summed E-state index contributed by atoms with van der Waals surface area (Å²) in [5.74, 6) is -0.812. The summed E-state index contributed by atoms with van der Waals surface area (Å²) in [5, 5.41) is 2.93. The van der Waals surface area contributed by atoms with Crippen LogP contribution >= 0.6 is 0 Å². The maximum atomic E-state index is 12.5. The van der Waals surface area contributed by atoms with Crippen molar-refractivity contribution in [3.63, 3.8) is 0 Å². The second kappa shape index (κ2) is 12.2. The number of esters is 1. The van der Waals surface area contributed by atoms with E-state index in [0.29, 0.717) is 19.4 Å². The standard InChI is InChI=1S/C26H35NO5/c1-6-31-24(28)22(18-30-5)17-23(27-25(29)32-26(2,3)4)16-19-12-14-21(15-13-19)20-10-8-7-9-11-20/h7-15,22-23H,6,16-18H2,1-5H3,(H,27,29). The molecule has 2 rings (SSSR count). The van der Waals surface area contributed by atoms with Crippen molar-refractivity contribution in [2.24, 2.45) is 5.92 Å². The summed E-state index contributed by atoms with van der Waals surface area (Å²) in [5.41, 5.74) is 2.70. The summed E-state index contributed by atoms with van der Waals surface area (Å²) in [6.07, 6.45) is 0.420. The molecule has 0 aliphatic heterocycles. The molecule has 6 heteroatoms. The minimum atomic E-state index is -0.612. The van der Waals surface area contributed by atoms with Crippen LogP contribution in [0, 0.1) is 5.92 Å². The van der Waals surface area contributed by atoms with Gasteiger partial charge in [-0.2, -0.15) is 0 Å². The van der Waals surface area contributed by atoms with Crippen molar-refractivity contribution in [1.29, 1.82) is 0 Å². The number of hydrogen-bond acceptors (Lipinski definition) is 5. The van der Waals surface area contributed by atoms with Crippen LogP contribution in [-0.4, -0.2) is 44.0 Å². The molecule has 0 fully saturated rings. The van der Waals surface area contributed by atoms with Crippen LogP contribution in [0.2, 0.25) is 0 Å². The van der Waals surface area contributed by atoms with Crippen molar-refractivity contribution in [2.45, 2.75) is 52.2 Å². The van der Waals surface area contributed by atoms with Crippen LogP contribution in [0.15, 0.2) is 54.6 Å². The first-order chi connectivity index (χ1) is 15.2. The maximum absolute atomic E-state index is 12.5. The highest BCUT2D eigenvalue weighted by Gasteiger charge is 2.27. The zero-order chi connectivity index (χ0) is 23.6. The fourth-order valence-electron chi connectivity index (χ4n) is 3.45. The lowest BCUT2D eigenvalue weighted by Gasteiger charge is -2.26. The molecule has 0 saturated carbocycles. The van der Waals surface area contributed by atoms with E-state index >= 15 is 0 Å². The number of rotatable bonds is 10. The molecule has 0 aliphatic rings. The molecule has 0 heterocycles. The van der Waals surface area contributed by atoms with Crippen LogP contribution in [0.25, 0.3) is 11.1 Å². The molecule has 2 aromatic rings. The van der Waals surface area contributed by atoms with Crippen molar-refractivity contribution >= 4 is 12.1 Å². The molecule has 174 valence electrons. The quantitative estimate of drug-likeness (QED) is 0.525. The first kappa shape index (κ1) is 25.4. The SMILES string of the molecule is CCOC(=O)C(COC)CC(Cc1ccc(-c2ccccc2)cc1)NC(=O)OC(C)(C)C. The molecule has 0 spiro atoms. The summed E-state index contributed by atoms with van der Waals surface area (Å²) in [6, 6.07) is 18.0. The van der Waals surface area contributed by atoms with Crippen LogP contribution in [0.3, 0.4) is 0 Å². The van der Waals surface area contributed by atoms with Crippen LogP contribution < -0.4 is 5.32 Å². The Morgan fingerprint density at radius 3 is 2.16 bits per heavy atom. The van der Waals surface area contributed by atoms with Gasteiger partial charge in [0, 0.05) is 13.2 Å². The molecule has 32 heavy (non-hydrogen) atoms. The molecular weight excluding hydrogens is 406 g/mol. The lowest BCUT2D eigenvalue weighted by atomic mass is 9.94. The largest absolute Gasteiger partial charge is 0.466 e. The molecule has 1 amide bonds. The molecule has 0 bridgehead atoms. The number of alkyl carbamates (subject to hydrolysis) is 1. The summed E-state index contributed by atoms with van der Waals surface area (Å²) in [4.78, 5) is 24.8. The van der Waals surface area contributed by atoms with Crippen molar-refractivity contribution < 1.29 is 23.8 Å². The smallest absolute Gasteiger partial charge is 0.407 e. The summed E-state index contributed by atoms with van der Waals surface area (Å²) in [7, 11) is 1.55. The highest BCUT2D eigenvalue weighted by molar-refractivity contribution is 5.73. The first-order valence-corrected chi connectivity index (χ1v) is 11.0. The van der Waals surface area contributed by atoms with E-state index < -0.39 is 17.6 Å². The Bertz CT molecular complexity index is 843. The molecule has 2 atom stereocenters. The minimum absolute atomic E-state index is 0.221. The van der Waals surface area contributed by atoms with Crippen molar-refractivity contribution in [3.05, 3.63) is 60.2 Å². The summed E-state index contributed by atoms with van der Waals surface area (Å²) < 4.78 is 15.9. The average molecular weight is 442 g/mol. The van der Waals surface area contributed by atoms with Gasteiger partial charge in [0.15, 0.2) is 0 Å². The van der Waals surface area contributed by atoms with E-state index in [0.717, 1.165) is 16.7 Å². The third kappa shape index (κ3) is 8.71. The van der Waals surface area contributed by atoms with Crippen LogP contribution in [0.1, 0.15) is 39.7 Å². The zero-order valence-electron chi connectivity index (χ0n) is 19.7. The minimum Gasteiger partial charge on any atom is -0.466 e. The van der Waals surface area contributed by atoms with E-state index in [1.807, 2.05) is 51.1 Å². The maximum Gasteiger partial charge on any atom is 0.407 e. The summed E-state index contributed by atoms with van der Waals surface area (Å²) in [6.45, 7) is 7.73. The highest BCUT2D eigenvalue weighted by atomic mass is 16.6. The average Bonchev–Trinajstić information content (AvgIpc) is 2.73. The van der Waals surface area contributed by atoms with E-state index in [1.165, 1.54) is 0 Å². The van der Waals surface area contributed by atoms with Crippen LogP contribution in [0.5, 0.6) is 0 Å². The molecule has 2 unspecified atom stereocenters. The fourth-order valence-corrected chi connectivity index (χ4v) is 3.45. The second-order valence-corrected chi connectivity index (χ2v) is 8.75. The number of amides is 1. The second-order valence-electron chi connectivity index (χ2n) is 8.75. The van der Waals surface area contributed by atoms with Gasteiger partial charge in [-0.1, -0.05) is 54.6 Å². The fraction of sp³-hybridized carbons (Fsp3) is 0.462. The number of carbonyl (C=O) groups excluding carboxylic acids is 2. The van der Waals surface area contributed by atoms with Crippen molar-refractivity contribution in [3.8, 4) is 11.1 Å². The normalized spacial score (nSPS) is 13.2. The van der Waals surface area contributed by atoms with Gasteiger partial charge in [-0.15, -0.1) is 0 Å². The van der Waals surface area contributed by atoms with E-state index in [-0.39, 0.29) is 18.6 Å². The highest BCUT2D eigenvalue weighted by Crippen LogP contribution is 2.21. The number of ether oxygens (including phenoxy) is 3. The Balaban J connectivity index is 2.17. The Morgan fingerprint density at radius 2 is 1.59 bits per heavy atom. The van der Waals surface area contributed by atoms with E-state index in [2.05, 4.69) is 29.6 Å². The number of carbonyl (C=O) groups is 2. The van der Waals surface area contributed by atoms with Gasteiger partial charge in [0.2, 0.25) is 0 Å². The molecule has 0 aromatic heterocycles.